The molecule has 2 N–H and O–H groups in total. The standard InChI is InChI=1S/C8H18O3.C3H8N.V/c1-3-5-7-9-11-10-8-6-4-2;1-2-3-4;/h3-8H2,1-2H3;1-4H2;/q;-1;. The van der Waals surface area contributed by atoms with Crippen molar-refractivity contribution < 1.29 is 33.4 Å². The van der Waals surface area contributed by atoms with E-state index in [4.69, 9.17) is 15.5 Å². The molecule has 0 amide bonds. The van der Waals surface area contributed by atoms with Gasteiger partial charge in [-0.1, -0.05) is 31.7 Å². The van der Waals surface area contributed by atoms with Gasteiger partial charge in [-0.25, -0.2) is 9.78 Å². The quantitative estimate of drug-likeness (QED) is 0.303. The molecule has 0 unspecified atom stereocenters. The molecule has 0 aliphatic heterocycles. The van der Waals surface area contributed by atoms with Crippen LogP contribution in [-0.2, 0) is 33.4 Å². The number of hydrogen-bond acceptors (Lipinski definition) is 4. The molecule has 0 aliphatic rings. The fourth-order valence-electron chi connectivity index (χ4n) is 0.509. The first-order valence-corrected chi connectivity index (χ1v) is 5.73. The van der Waals surface area contributed by atoms with Crippen LogP contribution in [0.25, 0.3) is 0 Å². The van der Waals surface area contributed by atoms with E-state index < -0.39 is 0 Å². The first-order chi connectivity index (χ1) is 7.33. The molecule has 1 radical (unpaired) electrons. The van der Waals surface area contributed by atoms with E-state index in [0.29, 0.717) is 19.8 Å². The van der Waals surface area contributed by atoms with E-state index in [0.717, 1.165) is 32.1 Å². The molecule has 0 fully saturated rings. The maximum atomic E-state index is 4.97. The van der Waals surface area contributed by atoms with Gasteiger partial charge in [0.15, 0.2) is 0 Å². The number of nitrogens with two attached hydrogens (primary N) is 1. The zero-order valence-electron chi connectivity index (χ0n) is 10.6. The van der Waals surface area contributed by atoms with Gasteiger partial charge in [0.2, 0.25) is 0 Å². The zero-order valence-corrected chi connectivity index (χ0v) is 12.0. The third-order valence-corrected chi connectivity index (χ3v) is 1.46. The van der Waals surface area contributed by atoms with E-state index in [9.17, 15) is 0 Å². The minimum atomic E-state index is 0. The Balaban J connectivity index is -0.000000292. The minimum Gasteiger partial charge on any atom is -0.342 e. The van der Waals surface area contributed by atoms with Crippen LogP contribution in [0.2, 0.25) is 0 Å². The summed E-state index contributed by atoms with van der Waals surface area (Å²) in [5.74, 6) is 0. The average molecular weight is 271 g/mol. The predicted octanol–water partition coefficient (Wildman–Crippen LogP) is 2.63. The molecule has 0 heterocycles. The summed E-state index contributed by atoms with van der Waals surface area (Å²) in [6, 6.07) is 0. The van der Waals surface area contributed by atoms with Crippen LogP contribution in [0.3, 0.4) is 0 Å². The summed E-state index contributed by atoms with van der Waals surface area (Å²) in [7, 11) is 0. The van der Waals surface area contributed by atoms with E-state index >= 15 is 0 Å². The van der Waals surface area contributed by atoms with Crippen molar-refractivity contribution >= 4 is 0 Å². The van der Waals surface area contributed by atoms with Crippen molar-refractivity contribution in [2.75, 3.05) is 19.8 Å². The molecule has 0 aromatic carbocycles. The summed E-state index contributed by atoms with van der Waals surface area (Å²) in [4.78, 5) is 9.40. The Morgan fingerprint density at radius 1 is 1.00 bits per heavy atom. The van der Waals surface area contributed by atoms with Gasteiger partial charge in [-0.15, -0.1) is 0 Å². The minimum absolute atomic E-state index is 0. The molecule has 0 spiro atoms. The summed E-state index contributed by atoms with van der Waals surface area (Å²) in [5, 5.41) is 4.44. The Morgan fingerprint density at radius 3 is 1.62 bits per heavy atom. The molecule has 0 atom stereocenters. The Morgan fingerprint density at radius 2 is 1.38 bits per heavy atom. The molecule has 0 saturated carbocycles. The maximum Gasteiger partial charge on any atom is 0.0853 e. The van der Waals surface area contributed by atoms with Crippen LogP contribution in [-0.4, -0.2) is 19.8 Å². The number of rotatable bonds is 9. The number of unbranched alkanes of at least 4 members (excludes halogenated alkanes) is 2. The van der Waals surface area contributed by atoms with Crippen molar-refractivity contribution in [3.8, 4) is 0 Å². The molecule has 0 aromatic heterocycles. The summed E-state index contributed by atoms with van der Waals surface area (Å²) >= 11 is 0. The summed E-state index contributed by atoms with van der Waals surface area (Å²) < 4.78 is 0. The van der Waals surface area contributed by atoms with Crippen molar-refractivity contribution in [3.05, 3.63) is 6.92 Å². The van der Waals surface area contributed by atoms with E-state index in [1.54, 1.807) is 0 Å². The van der Waals surface area contributed by atoms with E-state index in [-0.39, 0.29) is 18.6 Å². The number of hydrogen-bond donors (Lipinski definition) is 1. The van der Waals surface area contributed by atoms with Gasteiger partial charge in [-0.2, -0.15) is 6.42 Å². The Kier molecular flexibility index (Phi) is 33.3. The zero-order chi connectivity index (χ0) is 11.8. The van der Waals surface area contributed by atoms with Gasteiger partial charge in [0, 0.05) is 18.6 Å². The van der Waals surface area contributed by atoms with Crippen molar-refractivity contribution in [2.45, 2.75) is 46.0 Å². The first-order valence-electron chi connectivity index (χ1n) is 5.73. The molecule has 0 rings (SSSR count). The van der Waals surface area contributed by atoms with Crippen LogP contribution in [0, 0.1) is 6.92 Å². The first kappa shape index (κ1) is 21.7. The molecule has 5 heteroatoms. The predicted molar refractivity (Wildman–Crippen MR) is 61.8 cm³/mol. The second-order valence-electron chi connectivity index (χ2n) is 3.06. The summed E-state index contributed by atoms with van der Waals surface area (Å²) in [6.07, 6.45) is 5.09. The van der Waals surface area contributed by atoms with Gasteiger partial charge in [-0.05, 0) is 19.4 Å². The van der Waals surface area contributed by atoms with Crippen molar-refractivity contribution in [3.63, 3.8) is 0 Å². The van der Waals surface area contributed by atoms with E-state index in [1.807, 2.05) is 0 Å². The fraction of sp³-hybridized carbons (Fsp3) is 0.909. The summed E-state index contributed by atoms with van der Waals surface area (Å²) in [5.41, 5.74) is 4.97. The molecule has 0 bridgehead atoms. The maximum absolute atomic E-state index is 4.97. The smallest absolute Gasteiger partial charge is 0.0853 e. The van der Waals surface area contributed by atoms with Gasteiger partial charge in [-0.3, -0.25) is 0 Å². The largest absolute Gasteiger partial charge is 0.342 e. The summed E-state index contributed by atoms with van der Waals surface area (Å²) in [6.45, 7) is 9.61. The topological polar surface area (TPSA) is 53.7 Å². The normalized spacial score (nSPS) is 9.00. The molecule has 0 aliphatic carbocycles. The fourth-order valence-corrected chi connectivity index (χ4v) is 0.509. The molecule has 4 nitrogen and oxygen atoms in total. The van der Waals surface area contributed by atoms with Crippen molar-refractivity contribution in [1.82, 2.24) is 0 Å². The second kappa shape index (κ2) is 24.6. The van der Waals surface area contributed by atoms with Crippen molar-refractivity contribution in [1.29, 1.82) is 0 Å². The molecule has 0 saturated heterocycles. The van der Waals surface area contributed by atoms with Crippen LogP contribution in [0.5, 0.6) is 0 Å². The SMILES string of the molecule is CCCCOOOCCCC.[CH2-]CCN.[V]. The van der Waals surface area contributed by atoms with E-state index in [2.05, 4.69) is 25.8 Å². The Hall–Kier alpha value is 0.424. The average Bonchev–Trinajstić information content (AvgIpc) is 2.28. The molecular formula is C11H26NO3V-. The molecule has 16 heavy (non-hydrogen) atoms. The second-order valence-corrected chi connectivity index (χ2v) is 3.06. The van der Waals surface area contributed by atoms with Crippen LogP contribution >= 0.6 is 0 Å². The van der Waals surface area contributed by atoms with Crippen LogP contribution in [0.4, 0.5) is 0 Å². The van der Waals surface area contributed by atoms with Gasteiger partial charge in [0.25, 0.3) is 0 Å². The van der Waals surface area contributed by atoms with Crippen LogP contribution in [0.15, 0.2) is 0 Å². The van der Waals surface area contributed by atoms with E-state index in [1.165, 1.54) is 0 Å². The van der Waals surface area contributed by atoms with Gasteiger partial charge in [0.05, 0.1) is 13.2 Å². The third-order valence-electron chi connectivity index (χ3n) is 1.46. The van der Waals surface area contributed by atoms with Gasteiger partial charge < -0.3 is 12.7 Å². The third kappa shape index (κ3) is 29.3. The molecular weight excluding hydrogens is 245 g/mol. The Bertz CT molecular complexity index is 87.3. The van der Waals surface area contributed by atoms with Crippen LogP contribution < -0.4 is 5.73 Å². The monoisotopic (exact) mass is 271 g/mol. The molecule has 0 aromatic rings. The van der Waals surface area contributed by atoms with Gasteiger partial charge in [0.1, 0.15) is 0 Å². The Labute approximate surface area is 112 Å². The van der Waals surface area contributed by atoms with Crippen LogP contribution in [0.1, 0.15) is 46.0 Å². The molecule has 99 valence electrons. The van der Waals surface area contributed by atoms with Crippen molar-refractivity contribution in [2.24, 2.45) is 5.73 Å². The van der Waals surface area contributed by atoms with Gasteiger partial charge >= 0.3 is 0 Å².